The van der Waals surface area contributed by atoms with Crippen LogP contribution in [-0.2, 0) is 4.74 Å². The Kier molecular flexibility index (Phi) is 4.37. The van der Waals surface area contributed by atoms with Gasteiger partial charge in [-0.3, -0.25) is 0 Å². The molecule has 1 saturated heterocycles. The van der Waals surface area contributed by atoms with E-state index < -0.39 is 0 Å². The Morgan fingerprint density at radius 2 is 2.22 bits per heavy atom. The monoisotopic (exact) mass is 269 g/mol. The lowest BCUT2D eigenvalue weighted by atomic mass is 10.0. The Bertz CT molecular complexity index is 401. The summed E-state index contributed by atoms with van der Waals surface area (Å²) >= 11 is 1.78. The molecule has 5 heteroatoms. The van der Waals surface area contributed by atoms with Gasteiger partial charge in [-0.2, -0.15) is 0 Å². The Labute approximate surface area is 113 Å². The molecule has 1 aromatic rings. The average molecular weight is 269 g/mol. The molecule has 0 aromatic carbocycles. The van der Waals surface area contributed by atoms with Gasteiger partial charge in [0.1, 0.15) is 0 Å². The van der Waals surface area contributed by atoms with Crippen molar-refractivity contribution in [1.82, 2.24) is 15.6 Å². The summed E-state index contributed by atoms with van der Waals surface area (Å²) < 4.78 is 5.85. The van der Waals surface area contributed by atoms with Crippen molar-refractivity contribution < 1.29 is 4.74 Å². The SMILES string of the molecule is Cc1nc(C)c(C(C)NCCOC2(C)CNC2)s1. The first-order valence-corrected chi connectivity index (χ1v) is 7.34. The number of hydrogen-bond donors (Lipinski definition) is 2. The summed E-state index contributed by atoms with van der Waals surface area (Å²) in [6.07, 6.45) is 0. The fourth-order valence-electron chi connectivity index (χ4n) is 2.19. The Balaban J connectivity index is 1.71. The number of hydrogen-bond acceptors (Lipinski definition) is 5. The quantitative estimate of drug-likeness (QED) is 0.773. The predicted octanol–water partition coefficient (Wildman–Crippen LogP) is 1.79. The number of rotatable bonds is 6. The van der Waals surface area contributed by atoms with E-state index in [2.05, 4.69) is 43.3 Å². The molecule has 0 radical (unpaired) electrons. The predicted molar refractivity (Wildman–Crippen MR) is 75.2 cm³/mol. The molecule has 1 aliphatic rings. The molecule has 1 atom stereocenters. The summed E-state index contributed by atoms with van der Waals surface area (Å²) in [4.78, 5) is 5.80. The maximum atomic E-state index is 5.85. The molecule has 0 saturated carbocycles. The summed E-state index contributed by atoms with van der Waals surface area (Å²) in [5.41, 5.74) is 1.20. The summed E-state index contributed by atoms with van der Waals surface area (Å²) in [5.74, 6) is 0. The van der Waals surface area contributed by atoms with E-state index in [0.29, 0.717) is 6.04 Å². The zero-order chi connectivity index (χ0) is 13.2. The van der Waals surface area contributed by atoms with Crippen LogP contribution in [0.1, 0.15) is 35.5 Å². The zero-order valence-corrected chi connectivity index (χ0v) is 12.5. The number of nitrogens with zero attached hydrogens (tertiary/aromatic N) is 1. The van der Waals surface area contributed by atoms with Gasteiger partial charge < -0.3 is 15.4 Å². The molecule has 2 N–H and O–H groups in total. The van der Waals surface area contributed by atoms with E-state index in [0.717, 1.165) is 36.9 Å². The van der Waals surface area contributed by atoms with Crippen LogP contribution in [0, 0.1) is 13.8 Å². The molecule has 2 heterocycles. The van der Waals surface area contributed by atoms with Crippen LogP contribution in [-0.4, -0.2) is 36.8 Å². The van der Waals surface area contributed by atoms with E-state index in [1.54, 1.807) is 11.3 Å². The molecule has 1 aliphatic heterocycles. The Hall–Kier alpha value is -0.490. The van der Waals surface area contributed by atoms with Crippen molar-refractivity contribution in [3.63, 3.8) is 0 Å². The van der Waals surface area contributed by atoms with E-state index in [4.69, 9.17) is 4.74 Å². The van der Waals surface area contributed by atoms with Crippen molar-refractivity contribution in [3.05, 3.63) is 15.6 Å². The van der Waals surface area contributed by atoms with Crippen LogP contribution in [0.15, 0.2) is 0 Å². The third-order valence-electron chi connectivity index (χ3n) is 3.33. The van der Waals surface area contributed by atoms with Crippen LogP contribution < -0.4 is 10.6 Å². The van der Waals surface area contributed by atoms with Gasteiger partial charge in [-0.25, -0.2) is 4.98 Å². The summed E-state index contributed by atoms with van der Waals surface area (Å²) in [6, 6.07) is 0.354. The molecule has 0 aliphatic carbocycles. The molecular formula is C13H23N3OS. The van der Waals surface area contributed by atoms with Crippen molar-refractivity contribution in [3.8, 4) is 0 Å². The third-order valence-corrected chi connectivity index (χ3v) is 4.59. The minimum Gasteiger partial charge on any atom is -0.371 e. The second-order valence-corrected chi connectivity index (χ2v) is 6.50. The number of nitrogens with one attached hydrogen (secondary N) is 2. The highest BCUT2D eigenvalue weighted by Gasteiger charge is 2.32. The second-order valence-electron chi connectivity index (χ2n) is 5.26. The molecule has 18 heavy (non-hydrogen) atoms. The van der Waals surface area contributed by atoms with Crippen LogP contribution >= 0.6 is 11.3 Å². The zero-order valence-electron chi connectivity index (χ0n) is 11.7. The largest absolute Gasteiger partial charge is 0.371 e. The first-order valence-electron chi connectivity index (χ1n) is 6.52. The van der Waals surface area contributed by atoms with Gasteiger partial charge in [-0.1, -0.05) is 0 Å². The second kappa shape index (κ2) is 5.65. The van der Waals surface area contributed by atoms with Gasteiger partial charge in [0.2, 0.25) is 0 Å². The summed E-state index contributed by atoms with van der Waals surface area (Å²) in [5, 5.41) is 7.87. The lowest BCUT2D eigenvalue weighted by molar-refractivity contribution is -0.0652. The van der Waals surface area contributed by atoms with Gasteiger partial charge >= 0.3 is 0 Å². The van der Waals surface area contributed by atoms with Gasteiger partial charge in [0.05, 0.1) is 22.9 Å². The Morgan fingerprint density at radius 1 is 1.50 bits per heavy atom. The van der Waals surface area contributed by atoms with Gasteiger partial charge in [0, 0.05) is 30.6 Å². The van der Waals surface area contributed by atoms with E-state index >= 15 is 0 Å². The topological polar surface area (TPSA) is 46.2 Å². The molecule has 0 spiro atoms. The van der Waals surface area contributed by atoms with Gasteiger partial charge in [0.25, 0.3) is 0 Å². The van der Waals surface area contributed by atoms with E-state index in [1.165, 1.54) is 4.88 Å². The van der Waals surface area contributed by atoms with E-state index in [9.17, 15) is 0 Å². The first kappa shape index (κ1) is 13.9. The van der Waals surface area contributed by atoms with Crippen molar-refractivity contribution in [2.24, 2.45) is 0 Å². The van der Waals surface area contributed by atoms with Crippen LogP contribution in [0.25, 0.3) is 0 Å². The highest BCUT2D eigenvalue weighted by molar-refractivity contribution is 7.11. The number of aryl methyl sites for hydroxylation is 2. The smallest absolute Gasteiger partial charge is 0.0902 e. The minimum absolute atomic E-state index is 0.0575. The molecule has 4 nitrogen and oxygen atoms in total. The molecule has 2 rings (SSSR count). The third kappa shape index (κ3) is 3.29. The van der Waals surface area contributed by atoms with Gasteiger partial charge in [-0.15, -0.1) is 11.3 Å². The van der Waals surface area contributed by atoms with Crippen molar-refractivity contribution in [2.45, 2.75) is 39.3 Å². The average Bonchev–Trinajstić information content (AvgIpc) is 2.61. The maximum absolute atomic E-state index is 5.85. The highest BCUT2D eigenvalue weighted by Crippen LogP contribution is 2.24. The molecular weight excluding hydrogens is 246 g/mol. The van der Waals surface area contributed by atoms with Gasteiger partial charge in [-0.05, 0) is 27.7 Å². The standard InChI is InChI=1S/C13H23N3OS/c1-9(12-10(2)16-11(3)18-12)15-5-6-17-13(4)7-14-8-13/h9,14-15H,5-8H2,1-4H3. The molecule has 0 amide bonds. The highest BCUT2D eigenvalue weighted by atomic mass is 32.1. The van der Waals surface area contributed by atoms with Gasteiger partial charge in [0.15, 0.2) is 0 Å². The van der Waals surface area contributed by atoms with Crippen molar-refractivity contribution in [1.29, 1.82) is 0 Å². The van der Waals surface area contributed by atoms with Crippen LogP contribution in [0.2, 0.25) is 0 Å². The normalized spacial score (nSPS) is 19.6. The molecule has 1 unspecified atom stereocenters. The number of thiazole rings is 1. The minimum atomic E-state index is 0.0575. The number of ether oxygens (including phenoxy) is 1. The van der Waals surface area contributed by atoms with Crippen molar-refractivity contribution in [2.75, 3.05) is 26.2 Å². The lowest BCUT2D eigenvalue weighted by Crippen LogP contribution is -2.59. The molecule has 102 valence electrons. The van der Waals surface area contributed by atoms with Crippen LogP contribution in [0.5, 0.6) is 0 Å². The van der Waals surface area contributed by atoms with Crippen LogP contribution in [0.4, 0.5) is 0 Å². The molecule has 1 fully saturated rings. The number of aromatic nitrogens is 1. The molecule has 0 bridgehead atoms. The summed E-state index contributed by atoms with van der Waals surface area (Å²) in [7, 11) is 0. The molecule has 1 aromatic heterocycles. The Morgan fingerprint density at radius 3 is 2.72 bits per heavy atom. The first-order chi connectivity index (χ1) is 8.50. The lowest BCUT2D eigenvalue weighted by Gasteiger charge is -2.39. The van der Waals surface area contributed by atoms with Crippen LogP contribution in [0.3, 0.4) is 0 Å². The van der Waals surface area contributed by atoms with E-state index in [-0.39, 0.29) is 5.60 Å². The van der Waals surface area contributed by atoms with Crippen molar-refractivity contribution >= 4 is 11.3 Å². The fraction of sp³-hybridized carbons (Fsp3) is 0.769. The van der Waals surface area contributed by atoms with E-state index in [1.807, 2.05) is 0 Å². The fourth-order valence-corrected chi connectivity index (χ4v) is 3.15. The maximum Gasteiger partial charge on any atom is 0.0902 e. The summed E-state index contributed by atoms with van der Waals surface area (Å²) in [6.45, 7) is 12.1.